The number of benzene rings is 1. The van der Waals surface area contributed by atoms with E-state index < -0.39 is 0 Å². The Bertz CT molecular complexity index is 708. The molecule has 4 atom stereocenters. The average molecular weight is 292 g/mol. The van der Waals surface area contributed by atoms with Gasteiger partial charge in [0.2, 0.25) is 0 Å². The highest BCUT2D eigenvalue weighted by Gasteiger charge is 2.48. The molecular formula is C20H20O2. The number of hydrogen-bond donors (Lipinski definition) is 1. The van der Waals surface area contributed by atoms with E-state index in [0.717, 1.165) is 17.6 Å². The standard InChI is InChI=1S/C20H20O2/c1-12-7-9-15-17-11-14(21)8-10-16(17)20(22)19(15)18(12)13-5-3-2-4-6-13/h2-7,9,11-12,15-17,21H,8,10H2,1H3. The van der Waals surface area contributed by atoms with Crippen LogP contribution in [0.1, 0.15) is 25.3 Å². The molecule has 1 aromatic rings. The van der Waals surface area contributed by atoms with Gasteiger partial charge in [-0.2, -0.15) is 0 Å². The molecule has 0 bridgehead atoms. The Morgan fingerprint density at radius 3 is 2.64 bits per heavy atom. The van der Waals surface area contributed by atoms with Crippen molar-refractivity contribution in [3.05, 3.63) is 65.5 Å². The summed E-state index contributed by atoms with van der Waals surface area (Å²) in [5, 5.41) is 9.88. The van der Waals surface area contributed by atoms with Crippen molar-refractivity contribution in [2.45, 2.75) is 19.8 Å². The van der Waals surface area contributed by atoms with Gasteiger partial charge < -0.3 is 5.11 Å². The van der Waals surface area contributed by atoms with Crippen LogP contribution in [-0.2, 0) is 4.79 Å². The summed E-state index contributed by atoms with van der Waals surface area (Å²) >= 11 is 0. The first-order chi connectivity index (χ1) is 10.7. The van der Waals surface area contributed by atoms with E-state index in [4.69, 9.17) is 0 Å². The van der Waals surface area contributed by atoms with Crippen LogP contribution in [0.15, 0.2) is 59.9 Å². The summed E-state index contributed by atoms with van der Waals surface area (Å²) in [6, 6.07) is 10.3. The molecule has 0 radical (unpaired) electrons. The molecule has 0 spiro atoms. The van der Waals surface area contributed by atoms with E-state index in [2.05, 4.69) is 31.2 Å². The summed E-state index contributed by atoms with van der Waals surface area (Å²) in [4.78, 5) is 13.0. The lowest BCUT2D eigenvalue weighted by atomic mass is 9.77. The molecule has 1 N–H and O–H groups in total. The van der Waals surface area contributed by atoms with Gasteiger partial charge in [-0.3, -0.25) is 4.79 Å². The Balaban J connectivity index is 1.89. The molecule has 0 amide bonds. The van der Waals surface area contributed by atoms with E-state index in [1.54, 1.807) is 0 Å². The summed E-state index contributed by atoms with van der Waals surface area (Å²) in [5.41, 5.74) is 3.32. The molecular weight excluding hydrogens is 272 g/mol. The lowest BCUT2D eigenvalue weighted by Gasteiger charge is -2.26. The molecule has 22 heavy (non-hydrogen) atoms. The minimum absolute atomic E-state index is 0.0459. The zero-order valence-electron chi connectivity index (χ0n) is 12.7. The Hall–Kier alpha value is -2.09. The number of carbonyl (C=O) groups excluding carboxylic acids is 1. The van der Waals surface area contributed by atoms with E-state index in [9.17, 15) is 9.90 Å². The molecule has 3 aliphatic carbocycles. The van der Waals surface area contributed by atoms with Crippen molar-refractivity contribution < 1.29 is 9.90 Å². The third kappa shape index (κ3) is 1.90. The van der Waals surface area contributed by atoms with Gasteiger partial charge in [-0.25, -0.2) is 0 Å². The molecule has 112 valence electrons. The van der Waals surface area contributed by atoms with Crippen LogP contribution in [0.2, 0.25) is 0 Å². The van der Waals surface area contributed by atoms with Crippen molar-refractivity contribution in [3.8, 4) is 0 Å². The predicted molar refractivity (Wildman–Crippen MR) is 87.1 cm³/mol. The quantitative estimate of drug-likeness (QED) is 0.783. The van der Waals surface area contributed by atoms with Gasteiger partial charge in [0.05, 0.1) is 5.76 Å². The minimum atomic E-state index is 0.0459. The van der Waals surface area contributed by atoms with Gasteiger partial charge in [-0.1, -0.05) is 49.4 Å². The Morgan fingerprint density at radius 2 is 1.86 bits per heavy atom. The zero-order chi connectivity index (χ0) is 15.3. The van der Waals surface area contributed by atoms with Crippen LogP contribution >= 0.6 is 0 Å². The molecule has 4 unspecified atom stereocenters. The van der Waals surface area contributed by atoms with Gasteiger partial charge in [0.15, 0.2) is 5.78 Å². The number of hydrogen-bond acceptors (Lipinski definition) is 2. The second kappa shape index (κ2) is 4.98. The van der Waals surface area contributed by atoms with Crippen LogP contribution in [-0.4, -0.2) is 10.9 Å². The number of fused-ring (bicyclic) bond motifs is 3. The Kier molecular flexibility index (Phi) is 3.07. The molecule has 2 nitrogen and oxygen atoms in total. The maximum Gasteiger partial charge on any atom is 0.163 e. The number of Topliss-reactive ketones (excluding diaryl/α,β-unsaturated/α-hetero) is 1. The van der Waals surface area contributed by atoms with Gasteiger partial charge in [0.1, 0.15) is 0 Å². The van der Waals surface area contributed by atoms with E-state index in [-0.39, 0.29) is 23.7 Å². The van der Waals surface area contributed by atoms with Crippen LogP contribution in [0.5, 0.6) is 0 Å². The topological polar surface area (TPSA) is 37.3 Å². The molecule has 3 aliphatic rings. The summed E-state index contributed by atoms with van der Waals surface area (Å²) in [7, 11) is 0. The fourth-order valence-corrected chi connectivity index (χ4v) is 4.33. The molecule has 1 fully saturated rings. The largest absolute Gasteiger partial charge is 0.513 e. The first-order valence-corrected chi connectivity index (χ1v) is 8.08. The van der Waals surface area contributed by atoms with Crippen LogP contribution in [0, 0.1) is 23.7 Å². The summed E-state index contributed by atoms with van der Waals surface area (Å²) < 4.78 is 0. The number of aliphatic hydroxyl groups is 1. The fraction of sp³-hybridized carbons (Fsp3) is 0.350. The molecule has 0 aliphatic heterocycles. The van der Waals surface area contributed by atoms with Crippen LogP contribution in [0.4, 0.5) is 0 Å². The number of ketones is 1. The monoisotopic (exact) mass is 292 g/mol. The highest BCUT2D eigenvalue weighted by Crippen LogP contribution is 2.51. The predicted octanol–water partition coefficient (Wildman–Crippen LogP) is 4.31. The van der Waals surface area contributed by atoms with E-state index >= 15 is 0 Å². The lowest BCUT2D eigenvalue weighted by molar-refractivity contribution is -0.118. The molecule has 2 heteroatoms. The van der Waals surface area contributed by atoms with Crippen molar-refractivity contribution >= 4 is 11.4 Å². The van der Waals surface area contributed by atoms with Gasteiger partial charge in [-0.15, -0.1) is 0 Å². The third-order valence-electron chi connectivity index (χ3n) is 5.35. The maximum atomic E-state index is 13.0. The van der Waals surface area contributed by atoms with Crippen molar-refractivity contribution in [2.75, 3.05) is 0 Å². The second-order valence-corrected chi connectivity index (χ2v) is 6.64. The maximum absolute atomic E-state index is 13.0. The van der Waals surface area contributed by atoms with Gasteiger partial charge in [0.25, 0.3) is 0 Å². The fourth-order valence-electron chi connectivity index (χ4n) is 4.33. The van der Waals surface area contributed by atoms with E-state index in [1.807, 2.05) is 24.3 Å². The molecule has 1 saturated carbocycles. The molecule has 1 aromatic carbocycles. The first kappa shape index (κ1) is 13.6. The summed E-state index contributed by atoms with van der Waals surface area (Å²) in [6.07, 6.45) is 7.73. The summed E-state index contributed by atoms with van der Waals surface area (Å²) in [6.45, 7) is 2.16. The van der Waals surface area contributed by atoms with E-state index in [0.29, 0.717) is 18.0 Å². The molecule has 0 saturated heterocycles. The first-order valence-electron chi connectivity index (χ1n) is 8.08. The average Bonchev–Trinajstić information content (AvgIpc) is 2.80. The van der Waals surface area contributed by atoms with Crippen LogP contribution < -0.4 is 0 Å². The number of aliphatic hydroxyl groups excluding tert-OH is 1. The smallest absolute Gasteiger partial charge is 0.163 e. The normalized spacial score (nSPS) is 33.5. The zero-order valence-corrected chi connectivity index (χ0v) is 12.7. The van der Waals surface area contributed by atoms with Gasteiger partial charge >= 0.3 is 0 Å². The van der Waals surface area contributed by atoms with Crippen molar-refractivity contribution in [1.29, 1.82) is 0 Å². The minimum Gasteiger partial charge on any atom is -0.513 e. The van der Waals surface area contributed by atoms with Crippen LogP contribution in [0.3, 0.4) is 0 Å². The van der Waals surface area contributed by atoms with Gasteiger partial charge in [0, 0.05) is 29.7 Å². The Morgan fingerprint density at radius 1 is 1.09 bits per heavy atom. The second-order valence-electron chi connectivity index (χ2n) is 6.64. The number of allylic oxidation sites excluding steroid dienone is 6. The Labute approximate surface area is 130 Å². The highest BCUT2D eigenvalue weighted by molar-refractivity contribution is 6.08. The van der Waals surface area contributed by atoms with E-state index in [1.165, 1.54) is 5.57 Å². The highest BCUT2D eigenvalue weighted by atomic mass is 16.3. The SMILES string of the molecule is CC1C=CC2C(=C1c1ccccc1)C(=O)C1CCC(O)=CC21. The van der Waals surface area contributed by atoms with Gasteiger partial charge in [-0.05, 0) is 29.6 Å². The van der Waals surface area contributed by atoms with Crippen LogP contribution in [0.25, 0.3) is 5.57 Å². The lowest BCUT2D eigenvalue weighted by Crippen LogP contribution is -2.19. The summed E-state index contributed by atoms with van der Waals surface area (Å²) in [5.74, 6) is 1.32. The molecule has 4 rings (SSSR count). The van der Waals surface area contributed by atoms with Crippen molar-refractivity contribution in [2.24, 2.45) is 23.7 Å². The molecule has 0 heterocycles. The third-order valence-corrected chi connectivity index (χ3v) is 5.35. The molecule has 0 aromatic heterocycles. The number of carbonyl (C=O) groups is 1. The van der Waals surface area contributed by atoms with Crippen molar-refractivity contribution in [3.63, 3.8) is 0 Å². The van der Waals surface area contributed by atoms with Crippen molar-refractivity contribution in [1.82, 2.24) is 0 Å². The number of rotatable bonds is 1.